The van der Waals surface area contributed by atoms with E-state index in [0.717, 1.165) is 23.3 Å². The fourth-order valence-corrected chi connectivity index (χ4v) is 2.05. The molecule has 4 heteroatoms. The predicted molar refractivity (Wildman–Crippen MR) is 84.2 cm³/mol. The van der Waals surface area contributed by atoms with Gasteiger partial charge in [-0.1, -0.05) is 43.3 Å². The second kappa shape index (κ2) is 7.41. The molecule has 4 nitrogen and oxygen atoms in total. The number of aliphatic carboxylic acids is 1. The highest BCUT2D eigenvalue weighted by molar-refractivity contribution is 6.05. The third-order valence-electron chi connectivity index (χ3n) is 3.18. The van der Waals surface area contributed by atoms with Gasteiger partial charge in [0.1, 0.15) is 12.2 Å². The van der Waals surface area contributed by atoms with Crippen molar-refractivity contribution in [1.29, 1.82) is 0 Å². The molecule has 0 unspecified atom stereocenters. The zero-order valence-corrected chi connectivity index (χ0v) is 12.4. The van der Waals surface area contributed by atoms with E-state index in [1.54, 1.807) is 12.1 Å². The van der Waals surface area contributed by atoms with E-state index in [-0.39, 0.29) is 5.78 Å². The Morgan fingerprint density at radius 3 is 2.00 bits per heavy atom. The van der Waals surface area contributed by atoms with Crippen LogP contribution in [0.4, 0.5) is 0 Å². The molecule has 0 saturated carbocycles. The van der Waals surface area contributed by atoms with Crippen molar-refractivity contribution in [3.05, 3.63) is 54.1 Å². The zero-order valence-electron chi connectivity index (χ0n) is 12.4. The van der Waals surface area contributed by atoms with Crippen LogP contribution in [-0.2, 0) is 4.79 Å². The lowest BCUT2D eigenvalue weighted by Crippen LogP contribution is -2.06. The molecular formula is C18H18O4. The lowest BCUT2D eigenvalue weighted by atomic mass is 10.0. The maximum Gasteiger partial charge on any atom is 0.311 e. The van der Waals surface area contributed by atoms with Gasteiger partial charge in [-0.15, -0.1) is 0 Å². The van der Waals surface area contributed by atoms with Gasteiger partial charge in [0.15, 0.2) is 5.78 Å². The Labute approximate surface area is 129 Å². The Morgan fingerprint density at radius 1 is 0.955 bits per heavy atom. The van der Waals surface area contributed by atoms with E-state index in [1.165, 1.54) is 0 Å². The van der Waals surface area contributed by atoms with Crippen molar-refractivity contribution >= 4 is 11.8 Å². The van der Waals surface area contributed by atoms with Gasteiger partial charge in [-0.05, 0) is 29.7 Å². The first-order chi connectivity index (χ1) is 10.6. The monoisotopic (exact) mass is 298 g/mol. The molecule has 22 heavy (non-hydrogen) atoms. The zero-order chi connectivity index (χ0) is 15.9. The standard InChI is InChI=1S/C18H18O4/c1-2-11-22-16-9-7-14(8-10-16)13-3-5-15(6-4-13)17(19)12-18(20)21/h3-10H,2,11-12H2,1H3,(H,20,21). The van der Waals surface area contributed by atoms with Gasteiger partial charge in [-0.25, -0.2) is 0 Å². The number of carbonyl (C=O) groups is 2. The molecule has 0 amide bonds. The summed E-state index contributed by atoms with van der Waals surface area (Å²) in [5.41, 5.74) is 2.39. The summed E-state index contributed by atoms with van der Waals surface area (Å²) in [6.45, 7) is 2.75. The summed E-state index contributed by atoms with van der Waals surface area (Å²) in [4.78, 5) is 22.2. The van der Waals surface area contributed by atoms with Crippen LogP contribution in [0.5, 0.6) is 5.75 Å². The molecule has 0 heterocycles. The molecular weight excluding hydrogens is 280 g/mol. The molecule has 0 saturated heterocycles. The number of hydrogen-bond donors (Lipinski definition) is 1. The molecule has 1 N–H and O–H groups in total. The van der Waals surface area contributed by atoms with Crippen LogP contribution in [0.15, 0.2) is 48.5 Å². The average molecular weight is 298 g/mol. The molecule has 0 aromatic heterocycles. The van der Waals surface area contributed by atoms with Crippen molar-refractivity contribution in [1.82, 2.24) is 0 Å². The summed E-state index contributed by atoms with van der Waals surface area (Å²) < 4.78 is 5.53. The minimum Gasteiger partial charge on any atom is -0.494 e. The molecule has 0 aliphatic rings. The summed E-state index contributed by atoms with van der Waals surface area (Å²) in [7, 11) is 0. The van der Waals surface area contributed by atoms with Gasteiger partial charge in [0, 0.05) is 5.56 Å². The Hall–Kier alpha value is -2.62. The normalized spacial score (nSPS) is 10.2. The summed E-state index contributed by atoms with van der Waals surface area (Å²) >= 11 is 0. The number of benzene rings is 2. The minimum atomic E-state index is -1.11. The number of carboxylic acid groups (broad SMARTS) is 1. The third kappa shape index (κ3) is 4.19. The Bertz CT molecular complexity index is 642. The highest BCUT2D eigenvalue weighted by Gasteiger charge is 2.10. The van der Waals surface area contributed by atoms with E-state index in [2.05, 4.69) is 6.92 Å². The largest absolute Gasteiger partial charge is 0.494 e. The van der Waals surface area contributed by atoms with Crippen LogP contribution in [0, 0.1) is 0 Å². The van der Waals surface area contributed by atoms with Crippen LogP contribution in [0.3, 0.4) is 0 Å². The first-order valence-corrected chi connectivity index (χ1v) is 7.18. The van der Waals surface area contributed by atoms with Crippen LogP contribution in [0.25, 0.3) is 11.1 Å². The molecule has 0 aliphatic heterocycles. The van der Waals surface area contributed by atoms with Crippen molar-refractivity contribution in [2.75, 3.05) is 6.61 Å². The number of ketones is 1. The van der Waals surface area contributed by atoms with Crippen molar-refractivity contribution in [3.63, 3.8) is 0 Å². The third-order valence-corrected chi connectivity index (χ3v) is 3.18. The van der Waals surface area contributed by atoms with Gasteiger partial charge in [-0.2, -0.15) is 0 Å². The number of ether oxygens (including phenoxy) is 1. The predicted octanol–water partition coefficient (Wildman–Crippen LogP) is 3.80. The van der Waals surface area contributed by atoms with Crippen molar-refractivity contribution in [2.45, 2.75) is 19.8 Å². The van der Waals surface area contributed by atoms with Crippen molar-refractivity contribution in [3.8, 4) is 16.9 Å². The highest BCUT2D eigenvalue weighted by Crippen LogP contribution is 2.23. The maximum absolute atomic E-state index is 11.7. The quantitative estimate of drug-likeness (QED) is 0.624. The molecule has 0 aliphatic carbocycles. The van der Waals surface area contributed by atoms with E-state index in [9.17, 15) is 9.59 Å². The van der Waals surface area contributed by atoms with Gasteiger partial charge in [-0.3, -0.25) is 9.59 Å². The van der Waals surface area contributed by atoms with Crippen LogP contribution in [0.2, 0.25) is 0 Å². The number of hydrogen-bond acceptors (Lipinski definition) is 3. The molecule has 2 rings (SSSR count). The minimum absolute atomic E-state index is 0.387. The van der Waals surface area contributed by atoms with Crippen LogP contribution < -0.4 is 4.74 Å². The molecule has 0 spiro atoms. The fraction of sp³-hybridized carbons (Fsp3) is 0.222. The second-order valence-corrected chi connectivity index (χ2v) is 4.94. The topological polar surface area (TPSA) is 63.6 Å². The van der Waals surface area contributed by atoms with E-state index < -0.39 is 12.4 Å². The molecule has 2 aromatic rings. The number of carbonyl (C=O) groups excluding carboxylic acids is 1. The summed E-state index contributed by atoms with van der Waals surface area (Å²) in [5.74, 6) is -0.669. The van der Waals surface area contributed by atoms with Crippen LogP contribution in [-0.4, -0.2) is 23.5 Å². The maximum atomic E-state index is 11.7. The Kier molecular flexibility index (Phi) is 5.31. The number of rotatable bonds is 7. The number of carboxylic acids is 1. The van der Waals surface area contributed by atoms with Crippen molar-refractivity contribution < 1.29 is 19.4 Å². The van der Waals surface area contributed by atoms with Gasteiger partial charge >= 0.3 is 5.97 Å². The van der Waals surface area contributed by atoms with Gasteiger partial charge < -0.3 is 9.84 Å². The Morgan fingerprint density at radius 2 is 1.50 bits per heavy atom. The van der Waals surface area contributed by atoms with Gasteiger partial charge in [0.05, 0.1) is 6.61 Å². The fourth-order valence-electron chi connectivity index (χ4n) is 2.05. The first-order valence-electron chi connectivity index (χ1n) is 7.18. The van der Waals surface area contributed by atoms with Gasteiger partial charge in [0.25, 0.3) is 0 Å². The van der Waals surface area contributed by atoms with Crippen LogP contribution in [0.1, 0.15) is 30.1 Å². The summed E-state index contributed by atoms with van der Waals surface area (Å²) in [6, 6.07) is 14.7. The smallest absolute Gasteiger partial charge is 0.311 e. The molecule has 2 aromatic carbocycles. The van der Waals surface area contributed by atoms with E-state index in [0.29, 0.717) is 12.2 Å². The van der Waals surface area contributed by atoms with E-state index in [4.69, 9.17) is 9.84 Å². The number of Topliss-reactive ketones (excluding diaryl/α,β-unsaturated/α-hetero) is 1. The molecule has 114 valence electrons. The second-order valence-electron chi connectivity index (χ2n) is 4.94. The average Bonchev–Trinajstić information content (AvgIpc) is 2.53. The molecule has 0 atom stereocenters. The summed E-state index contributed by atoms with van der Waals surface area (Å²) in [6.07, 6.45) is 0.483. The van der Waals surface area contributed by atoms with Crippen LogP contribution >= 0.6 is 0 Å². The SMILES string of the molecule is CCCOc1ccc(-c2ccc(C(=O)CC(=O)O)cc2)cc1. The lowest BCUT2D eigenvalue weighted by Gasteiger charge is -2.07. The first kappa shape index (κ1) is 15.8. The van der Waals surface area contributed by atoms with Gasteiger partial charge in [0.2, 0.25) is 0 Å². The lowest BCUT2D eigenvalue weighted by molar-refractivity contribution is -0.135. The highest BCUT2D eigenvalue weighted by atomic mass is 16.5. The molecule has 0 fully saturated rings. The summed E-state index contributed by atoms with van der Waals surface area (Å²) in [5, 5.41) is 8.63. The van der Waals surface area contributed by atoms with E-state index >= 15 is 0 Å². The van der Waals surface area contributed by atoms with E-state index in [1.807, 2.05) is 36.4 Å². The van der Waals surface area contributed by atoms with Crippen molar-refractivity contribution in [2.24, 2.45) is 0 Å². The molecule has 0 radical (unpaired) electrons. The molecule has 0 bridgehead atoms. The Balaban J connectivity index is 2.09.